The number of hydrogen-bond acceptors (Lipinski definition) is 2. The molecule has 0 aromatic heterocycles. The highest BCUT2D eigenvalue weighted by Crippen LogP contribution is 2.13. The molecule has 19 heavy (non-hydrogen) atoms. The van der Waals surface area contributed by atoms with Gasteiger partial charge < -0.3 is 10.1 Å². The fourth-order valence-electron chi connectivity index (χ4n) is 2.49. The Bertz CT molecular complexity index is 377. The molecule has 0 radical (unpaired) electrons. The van der Waals surface area contributed by atoms with Gasteiger partial charge in [-0.2, -0.15) is 0 Å². The third-order valence-electron chi connectivity index (χ3n) is 3.92. The molecule has 0 bridgehead atoms. The van der Waals surface area contributed by atoms with E-state index >= 15 is 0 Å². The summed E-state index contributed by atoms with van der Waals surface area (Å²) in [6, 6.07) is 9.20. The zero-order chi connectivity index (χ0) is 13.7. The molecule has 1 fully saturated rings. The molecule has 0 atom stereocenters. The predicted octanol–water partition coefficient (Wildman–Crippen LogP) is 2.75. The number of benzene rings is 1. The molecule has 1 aromatic rings. The highest BCUT2D eigenvalue weighted by molar-refractivity contribution is 6.88. The smallest absolute Gasteiger partial charge is 0.0775 e. The van der Waals surface area contributed by atoms with Crippen LogP contribution in [0, 0.1) is 5.92 Å². The van der Waals surface area contributed by atoms with E-state index in [1.165, 1.54) is 18.4 Å². The molecule has 0 amide bonds. The zero-order valence-corrected chi connectivity index (χ0v) is 13.5. The Morgan fingerprint density at radius 1 is 1.11 bits per heavy atom. The van der Waals surface area contributed by atoms with Crippen LogP contribution < -0.4 is 10.5 Å². The molecule has 1 aromatic carbocycles. The van der Waals surface area contributed by atoms with Crippen molar-refractivity contribution >= 4 is 13.3 Å². The SMILES string of the molecule is C[Si](C)(C)c1ccc(CNCC2CCOCC2)cc1. The summed E-state index contributed by atoms with van der Waals surface area (Å²) < 4.78 is 5.39. The first kappa shape index (κ1) is 14.8. The van der Waals surface area contributed by atoms with Gasteiger partial charge in [0.05, 0.1) is 8.07 Å². The second-order valence-electron chi connectivity index (χ2n) is 6.63. The maximum atomic E-state index is 5.39. The molecule has 0 unspecified atom stereocenters. The standard InChI is InChI=1S/C16H27NOSi/c1-19(2,3)16-6-4-14(5-7-16)12-17-13-15-8-10-18-11-9-15/h4-7,15,17H,8-13H2,1-3H3. The minimum absolute atomic E-state index is 0.801. The van der Waals surface area contributed by atoms with E-state index in [0.717, 1.165) is 32.2 Å². The van der Waals surface area contributed by atoms with E-state index in [2.05, 4.69) is 49.2 Å². The Morgan fingerprint density at radius 2 is 1.74 bits per heavy atom. The van der Waals surface area contributed by atoms with Crippen LogP contribution in [0.2, 0.25) is 19.6 Å². The summed E-state index contributed by atoms with van der Waals surface area (Å²) in [4.78, 5) is 0. The van der Waals surface area contributed by atoms with E-state index in [9.17, 15) is 0 Å². The van der Waals surface area contributed by atoms with Gasteiger partial charge in [0, 0.05) is 19.8 Å². The van der Waals surface area contributed by atoms with E-state index in [0.29, 0.717) is 0 Å². The van der Waals surface area contributed by atoms with Crippen LogP contribution >= 0.6 is 0 Å². The van der Waals surface area contributed by atoms with Crippen molar-refractivity contribution in [1.29, 1.82) is 0 Å². The van der Waals surface area contributed by atoms with Crippen molar-refractivity contribution in [3.63, 3.8) is 0 Å². The fourth-order valence-corrected chi connectivity index (χ4v) is 3.66. The molecule has 1 aliphatic rings. The van der Waals surface area contributed by atoms with Crippen molar-refractivity contribution in [2.45, 2.75) is 39.0 Å². The van der Waals surface area contributed by atoms with Crippen LogP contribution in [0.3, 0.4) is 0 Å². The van der Waals surface area contributed by atoms with Crippen LogP contribution in [0.25, 0.3) is 0 Å². The molecular weight excluding hydrogens is 250 g/mol. The molecule has 1 N–H and O–H groups in total. The van der Waals surface area contributed by atoms with E-state index in [1.54, 1.807) is 5.19 Å². The fraction of sp³-hybridized carbons (Fsp3) is 0.625. The lowest BCUT2D eigenvalue weighted by Gasteiger charge is -2.22. The first-order valence-corrected chi connectivity index (χ1v) is 10.9. The Balaban J connectivity index is 1.76. The van der Waals surface area contributed by atoms with E-state index in [4.69, 9.17) is 4.74 Å². The van der Waals surface area contributed by atoms with Gasteiger partial charge in [0.25, 0.3) is 0 Å². The number of ether oxygens (including phenoxy) is 1. The number of rotatable bonds is 5. The van der Waals surface area contributed by atoms with E-state index in [-0.39, 0.29) is 0 Å². The molecule has 0 aliphatic carbocycles. The molecular formula is C16H27NOSi. The van der Waals surface area contributed by atoms with Gasteiger partial charge in [0.15, 0.2) is 0 Å². The van der Waals surface area contributed by atoms with Crippen molar-refractivity contribution in [3.8, 4) is 0 Å². The van der Waals surface area contributed by atoms with Gasteiger partial charge in [-0.05, 0) is 30.9 Å². The molecule has 0 spiro atoms. The Labute approximate surface area is 118 Å². The van der Waals surface area contributed by atoms with Crippen molar-refractivity contribution < 1.29 is 4.74 Å². The minimum Gasteiger partial charge on any atom is -0.381 e. The second kappa shape index (κ2) is 6.68. The normalized spacial score (nSPS) is 17.6. The third kappa shape index (κ3) is 4.75. The molecule has 1 heterocycles. The summed E-state index contributed by atoms with van der Waals surface area (Å²) in [5.74, 6) is 0.801. The van der Waals surface area contributed by atoms with Gasteiger partial charge >= 0.3 is 0 Å². The lowest BCUT2D eigenvalue weighted by molar-refractivity contribution is 0.0662. The van der Waals surface area contributed by atoms with Crippen LogP contribution in [-0.2, 0) is 11.3 Å². The minimum atomic E-state index is -1.15. The average Bonchev–Trinajstić information content (AvgIpc) is 2.39. The largest absolute Gasteiger partial charge is 0.381 e. The topological polar surface area (TPSA) is 21.3 Å². The van der Waals surface area contributed by atoms with Gasteiger partial charge in [-0.25, -0.2) is 0 Å². The molecule has 2 rings (SSSR count). The summed E-state index contributed by atoms with van der Waals surface area (Å²) in [5.41, 5.74) is 1.40. The summed E-state index contributed by atoms with van der Waals surface area (Å²) in [7, 11) is -1.15. The zero-order valence-electron chi connectivity index (χ0n) is 12.5. The predicted molar refractivity (Wildman–Crippen MR) is 84.7 cm³/mol. The molecule has 0 saturated carbocycles. The summed E-state index contributed by atoms with van der Waals surface area (Å²) >= 11 is 0. The summed E-state index contributed by atoms with van der Waals surface area (Å²) in [5, 5.41) is 5.13. The first-order valence-electron chi connectivity index (χ1n) is 7.43. The molecule has 1 saturated heterocycles. The van der Waals surface area contributed by atoms with E-state index < -0.39 is 8.07 Å². The quantitative estimate of drug-likeness (QED) is 0.836. The Morgan fingerprint density at radius 3 is 2.32 bits per heavy atom. The average molecular weight is 277 g/mol. The van der Waals surface area contributed by atoms with Crippen LogP contribution in [-0.4, -0.2) is 27.8 Å². The molecule has 3 heteroatoms. The summed E-state index contributed by atoms with van der Waals surface area (Å²) in [6.45, 7) is 11.2. The highest BCUT2D eigenvalue weighted by atomic mass is 28.3. The Kier molecular flexibility index (Phi) is 5.19. The maximum Gasteiger partial charge on any atom is 0.0775 e. The van der Waals surface area contributed by atoms with Gasteiger partial charge in [-0.3, -0.25) is 0 Å². The monoisotopic (exact) mass is 277 g/mol. The molecule has 1 aliphatic heterocycles. The lowest BCUT2D eigenvalue weighted by atomic mass is 10.0. The van der Waals surface area contributed by atoms with Gasteiger partial charge in [-0.1, -0.05) is 49.1 Å². The van der Waals surface area contributed by atoms with Crippen molar-refractivity contribution in [1.82, 2.24) is 5.32 Å². The number of nitrogens with one attached hydrogen (secondary N) is 1. The first-order chi connectivity index (χ1) is 9.05. The van der Waals surface area contributed by atoms with Crippen LogP contribution in [0.15, 0.2) is 24.3 Å². The summed E-state index contributed by atoms with van der Waals surface area (Å²) in [6.07, 6.45) is 2.42. The van der Waals surface area contributed by atoms with Crippen LogP contribution in [0.5, 0.6) is 0 Å². The third-order valence-corrected chi connectivity index (χ3v) is 5.99. The van der Waals surface area contributed by atoms with E-state index in [1.807, 2.05) is 0 Å². The highest BCUT2D eigenvalue weighted by Gasteiger charge is 2.16. The van der Waals surface area contributed by atoms with Crippen molar-refractivity contribution in [3.05, 3.63) is 29.8 Å². The van der Waals surface area contributed by atoms with Gasteiger partial charge in [0.2, 0.25) is 0 Å². The van der Waals surface area contributed by atoms with Crippen LogP contribution in [0.1, 0.15) is 18.4 Å². The van der Waals surface area contributed by atoms with Crippen molar-refractivity contribution in [2.75, 3.05) is 19.8 Å². The van der Waals surface area contributed by atoms with Gasteiger partial charge in [0.1, 0.15) is 0 Å². The second-order valence-corrected chi connectivity index (χ2v) is 11.7. The molecule has 106 valence electrons. The lowest BCUT2D eigenvalue weighted by Crippen LogP contribution is -2.37. The van der Waals surface area contributed by atoms with Crippen molar-refractivity contribution in [2.24, 2.45) is 5.92 Å². The number of hydrogen-bond donors (Lipinski definition) is 1. The Hall–Kier alpha value is -0.643. The van der Waals surface area contributed by atoms with Crippen LogP contribution in [0.4, 0.5) is 0 Å². The molecule has 2 nitrogen and oxygen atoms in total. The van der Waals surface area contributed by atoms with Gasteiger partial charge in [-0.15, -0.1) is 0 Å². The maximum absolute atomic E-state index is 5.39.